The predicted octanol–water partition coefficient (Wildman–Crippen LogP) is 3.93. The van der Waals surface area contributed by atoms with Crippen molar-refractivity contribution in [3.8, 4) is 11.8 Å². The van der Waals surface area contributed by atoms with E-state index < -0.39 is 0 Å². The lowest BCUT2D eigenvalue weighted by Gasteiger charge is -2.03. The number of benzene rings is 1. The third kappa shape index (κ3) is 3.04. The van der Waals surface area contributed by atoms with Gasteiger partial charge in [0, 0.05) is 17.5 Å². The molecule has 4 heteroatoms. The van der Waals surface area contributed by atoms with Gasteiger partial charge in [0.15, 0.2) is 0 Å². The van der Waals surface area contributed by atoms with Gasteiger partial charge in [0.05, 0.1) is 28.7 Å². The van der Waals surface area contributed by atoms with Crippen molar-refractivity contribution in [3.63, 3.8) is 0 Å². The molecule has 0 spiro atoms. The highest BCUT2D eigenvalue weighted by molar-refractivity contribution is 5.71. The Hall–Kier alpha value is -3.19. The number of nitrogens with zero attached hydrogens (tertiary/aromatic N) is 4. The van der Waals surface area contributed by atoms with Gasteiger partial charge in [-0.3, -0.25) is 4.98 Å². The van der Waals surface area contributed by atoms with Crippen LogP contribution in [0.5, 0.6) is 0 Å². The standard InChI is InChI=1S/C19H16N4/c1-14-19(9-8-17-12-16(13-20)10-11-21-17)15(2)23(22-14)18-6-4-3-5-7-18/h3-12H,1-2H3/b9-8+. The first-order valence-corrected chi connectivity index (χ1v) is 7.35. The first-order chi connectivity index (χ1) is 11.2. The number of rotatable bonds is 3. The minimum atomic E-state index is 0.605. The fraction of sp³-hybridized carbons (Fsp3) is 0.105. The van der Waals surface area contributed by atoms with E-state index in [1.165, 1.54) is 0 Å². The summed E-state index contributed by atoms with van der Waals surface area (Å²) >= 11 is 0. The highest BCUT2D eigenvalue weighted by Gasteiger charge is 2.10. The summed E-state index contributed by atoms with van der Waals surface area (Å²) in [6.45, 7) is 4.04. The molecule has 0 N–H and O–H groups in total. The molecule has 1 aromatic carbocycles. The molecule has 0 fully saturated rings. The number of aromatic nitrogens is 3. The maximum absolute atomic E-state index is 8.95. The van der Waals surface area contributed by atoms with E-state index in [-0.39, 0.29) is 0 Å². The lowest BCUT2D eigenvalue weighted by Crippen LogP contribution is -1.98. The molecule has 2 heterocycles. The Morgan fingerprint density at radius 3 is 2.61 bits per heavy atom. The largest absolute Gasteiger partial charge is 0.257 e. The second kappa shape index (κ2) is 6.29. The van der Waals surface area contributed by atoms with Crippen LogP contribution in [0.1, 0.15) is 28.2 Å². The van der Waals surface area contributed by atoms with E-state index in [2.05, 4.69) is 16.2 Å². The Bertz CT molecular complexity index is 899. The van der Waals surface area contributed by atoms with Crippen molar-refractivity contribution in [2.45, 2.75) is 13.8 Å². The number of aryl methyl sites for hydroxylation is 1. The van der Waals surface area contributed by atoms with Gasteiger partial charge in [-0.25, -0.2) is 4.68 Å². The predicted molar refractivity (Wildman–Crippen MR) is 90.9 cm³/mol. The van der Waals surface area contributed by atoms with Gasteiger partial charge in [-0.2, -0.15) is 10.4 Å². The summed E-state index contributed by atoms with van der Waals surface area (Å²) in [4.78, 5) is 4.26. The van der Waals surface area contributed by atoms with Crippen LogP contribution in [0.15, 0.2) is 48.7 Å². The van der Waals surface area contributed by atoms with Crippen LogP contribution in [0.25, 0.3) is 17.8 Å². The fourth-order valence-corrected chi connectivity index (χ4v) is 2.49. The topological polar surface area (TPSA) is 54.5 Å². The van der Waals surface area contributed by atoms with Crippen LogP contribution in [0.3, 0.4) is 0 Å². The molecule has 0 aliphatic rings. The van der Waals surface area contributed by atoms with Crippen LogP contribution < -0.4 is 0 Å². The summed E-state index contributed by atoms with van der Waals surface area (Å²) in [5.74, 6) is 0. The van der Waals surface area contributed by atoms with Gasteiger partial charge >= 0.3 is 0 Å². The van der Waals surface area contributed by atoms with Crippen molar-refractivity contribution in [3.05, 3.63) is 76.9 Å². The van der Waals surface area contributed by atoms with Gasteiger partial charge in [-0.05, 0) is 50.3 Å². The molecule has 0 amide bonds. The lowest BCUT2D eigenvalue weighted by molar-refractivity contribution is 0.833. The number of nitriles is 1. The summed E-state index contributed by atoms with van der Waals surface area (Å²) in [7, 11) is 0. The molecule has 2 aromatic heterocycles. The van der Waals surface area contributed by atoms with Crippen LogP contribution >= 0.6 is 0 Å². The molecular weight excluding hydrogens is 284 g/mol. The Labute approximate surface area is 135 Å². The molecule has 23 heavy (non-hydrogen) atoms. The van der Waals surface area contributed by atoms with Crippen LogP contribution in [0.4, 0.5) is 0 Å². The minimum Gasteiger partial charge on any atom is -0.257 e. The van der Waals surface area contributed by atoms with Crippen molar-refractivity contribution in [1.29, 1.82) is 5.26 Å². The van der Waals surface area contributed by atoms with Gasteiger partial charge in [-0.1, -0.05) is 18.2 Å². The Morgan fingerprint density at radius 1 is 1.09 bits per heavy atom. The number of pyridine rings is 1. The Morgan fingerprint density at radius 2 is 1.87 bits per heavy atom. The summed E-state index contributed by atoms with van der Waals surface area (Å²) in [6, 6.07) is 15.6. The van der Waals surface area contributed by atoms with Crippen molar-refractivity contribution >= 4 is 12.2 Å². The zero-order valence-electron chi connectivity index (χ0n) is 13.1. The second-order valence-corrected chi connectivity index (χ2v) is 5.25. The van der Waals surface area contributed by atoms with Crippen LogP contribution in [0.2, 0.25) is 0 Å². The van der Waals surface area contributed by atoms with Crippen molar-refractivity contribution in [2.75, 3.05) is 0 Å². The normalized spacial score (nSPS) is 10.8. The Kier molecular flexibility index (Phi) is 4.03. The average molecular weight is 300 g/mol. The smallest absolute Gasteiger partial charge is 0.0992 e. The number of hydrogen-bond acceptors (Lipinski definition) is 3. The molecule has 0 unspecified atom stereocenters. The van der Waals surface area contributed by atoms with Crippen molar-refractivity contribution < 1.29 is 0 Å². The van der Waals surface area contributed by atoms with Crippen molar-refractivity contribution in [1.82, 2.24) is 14.8 Å². The van der Waals surface area contributed by atoms with Gasteiger partial charge < -0.3 is 0 Å². The molecule has 0 radical (unpaired) electrons. The van der Waals surface area contributed by atoms with Crippen LogP contribution in [-0.2, 0) is 0 Å². The molecule has 0 saturated heterocycles. The average Bonchev–Trinajstić information content (AvgIpc) is 2.88. The van der Waals surface area contributed by atoms with Crippen molar-refractivity contribution in [2.24, 2.45) is 0 Å². The van der Waals surface area contributed by atoms with Gasteiger partial charge in [0.25, 0.3) is 0 Å². The third-order valence-electron chi connectivity index (χ3n) is 3.68. The highest BCUT2D eigenvalue weighted by atomic mass is 15.3. The molecule has 0 atom stereocenters. The first kappa shape index (κ1) is 14.7. The van der Waals surface area contributed by atoms with E-state index >= 15 is 0 Å². The van der Waals surface area contributed by atoms with E-state index in [0.717, 1.165) is 28.3 Å². The molecule has 0 bridgehead atoms. The molecular formula is C19H16N4. The molecule has 112 valence electrons. The van der Waals surface area contributed by atoms with E-state index in [0.29, 0.717) is 5.56 Å². The molecule has 3 rings (SSSR count). The van der Waals surface area contributed by atoms with Gasteiger partial charge in [0.1, 0.15) is 0 Å². The maximum Gasteiger partial charge on any atom is 0.0992 e. The lowest BCUT2D eigenvalue weighted by atomic mass is 10.1. The van der Waals surface area contributed by atoms with E-state index in [1.54, 1.807) is 18.3 Å². The second-order valence-electron chi connectivity index (χ2n) is 5.25. The summed E-state index contributed by atoms with van der Waals surface area (Å²) in [6.07, 6.45) is 5.55. The quantitative estimate of drug-likeness (QED) is 0.736. The zero-order valence-corrected chi connectivity index (χ0v) is 13.1. The fourth-order valence-electron chi connectivity index (χ4n) is 2.49. The number of hydrogen-bond donors (Lipinski definition) is 0. The highest BCUT2D eigenvalue weighted by Crippen LogP contribution is 2.20. The van der Waals surface area contributed by atoms with E-state index in [1.807, 2.05) is 61.0 Å². The van der Waals surface area contributed by atoms with Gasteiger partial charge in [0.2, 0.25) is 0 Å². The summed E-state index contributed by atoms with van der Waals surface area (Å²) in [5.41, 5.74) is 5.50. The summed E-state index contributed by atoms with van der Waals surface area (Å²) in [5, 5.41) is 13.6. The molecule has 0 aliphatic carbocycles. The monoisotopic (exact) mass is 300 g/mol. The molecule has 0 saturated carbocycles. The minimum absolute atomic E-state index is 0.605. The van der Waals surface area contributed by atoms with E-state index in [4.69, 9.17) is 5.26 Å². The SMILES string of the molecule is Cc1nn(-c2ccccc2)c(C)c1/C=C/c1cc(C#N)ccn1. The Balaban J connectivity index is 1.96. The summed E-state index contributed by atoms with van der Waals surface area (Å²) < 4.78 is 1.94. The molecule has 0 aliphatic heterocycles. The first-order valence-electron chi connectivity index (χ1n) is 7.35. The molecule has 3 aromatic rings. The zero-order chi connectivity index (χ0) is 16.2. The van der Waals surface area contributed by atoms with Crippen LogP contribution in [-0.4, -0.2) is 14.8 Å². The van der Waals surface area contributed by atoms with E-state index in [9.17, 15) is 0 Å². The van der Waals surface area contributed by atoms with Gasteiger partial charge in [-0.15, -0.1) is 0 Å². The van der Waals surface area contributed by atoms with Crippen LogP contribution in [0, 0.1) is 25.2 Å². The molecule has 4 nitrogen and oxygen atoms in total. The number of para-hydroxylation sites is 1. The maximum atomic E-state index is 8.95. The third-order valence-corrected chi connectivity index (χ3v) is 3.68.